The number of unbranched alkanes of at least 4 members (excludes halogenated alkanes) is 2. The van der Waals surface area contributed by atoms with E-state index in [0.717, 1.165) is 17.5 Å². The first-order chi connectivity index (χ1) is 11.8. The van der Waals surface area contributed by atoms with Crippen LogP contribution in [0.1, 0.15) is 38.2 Å². The standard InChI is InChI=1S/C23H25N/c1-3-4-7-12-19-13-8-5-6-9-14-20(19)18(2)22-17-24-23-16-11-10-15-21(22)23/h5-6,8-11,13-17,24H,2-4,7,12H2,1H3. The van der Waals surface area contributed by atoms with Gasteiger partial charge in [-0.2, -0.15) is 0 Å². The first kappa shape index (κ1) is 16.3. The summed E-state index contributed by atoms with van der Waals surface area (Å²) in [6, 6.07) is 8.41. The molecule has 1 aliphatic carbocycles. The second kappa shape index (κ2) is 7.83. The second-order valence-electron chi connectivity index (χ2n) is 6.23. The molecule has 2 aromatic rings. The Bertz CT molecular complexity index is 840. The van der Waals surface area contributed by atoms with E-state index in [0.29, 0.717) is 0 Å². The lowest BCUT2D eigenvalue weighted by Crippen LogP contribution is -1.93. The number of aromatic amines is 1. The van der Waals surface area contributed by atoms with E-state index in [1.54, 1.807) is 0 Å². The van der Waals surface area contributed by atoms with Gasteiger partial charge in [0, 0.05) is 22.7 Å². The van der Waals surface area contributed by atoms with Gasteiger partial charge in [-0.25, -0.2) is 0 Å². The van der Waals surface area contributed by atoms with Crippen LogP contribution in [0, 0.1) is 0 Å². The summed E-state index contributed by atoms with van der Waals surface area (Å²) in [6.07, 6.45) is 19.7. The molecular weight excluding hydrogens is 290 g/mol. The molecule has 0 bridgehead atoms. The monoisotopic (exact) mass is 315 g/mol. The number of rotatable bonds is 6. The third-order valence-electron chi connectivity index (χ3n) is 4.53. The molecule has 0 spiro atoms. The summed E-state index contributed by atoms with van der Waals surface area (Å²) in [4.78, 5) is 3.36. The first-order valence-corrected chi connectivity index (χ1v) is 8.81. The van der Waals surface area contributed by atoms with Crippen molar-refractivity contribution in [3.05, 3.63) is 90.2 Å². The predicted molar refractivity (Wildman–Crippen MR) is 106 cm³/mol. The minimum absolute atomic E-state index is 1.09. The zero-order valence-corrected chi connectivity index (χ0v) is 14.4. The predicted octanol–water partition coefficient (Wildman–Crippen LogP) is 6.74. The highest BCUT2D eigenvalue weighted by Gasteiger charge is 2.12. The summed E-state index contributed by atoms with van der Waals surface area (Å²) in [5.41, 5.74) is 6.06. The third kappa shape index (κ3) is 3.51. The number of para-hydroxylation sites is 1. The summed E-state index contributed by atoms with van der Waals surface area (Å²) in [6.45, 7) is 6.68. The molecule has 122 valence electrons. The van der Waals surface area contributed by atoms with E-state index in [2.05, 4.69) is 85.4 Å². The van der Waals surface area contributed by atoms with Gasteiger partial charge < -0.3 is 4.98 Å². The van der Waals surface area contributed by atoms with Gasteiger partial charge in [-0.1, -0.05) is 81.0 Å². The van der Waals surface area contributed by atoms with Gasteiger partial charge in [0.15, 0.2) is 0 Å². The molecule has 1 N–H and O–H groups in total. The van der Waals surface area contributed by atoms with Crippen molar-refractivity contribution in [3.63, 3.8) is 0 Å². The van der Waals surface area contributed by atoms with Crippen molar-refractivity contribution in [3.8, 4) is 0 Å². The normalized spacial score (nSPS) is 14.2. The lowest BCUT2D eigenvalue weighted by atomic mass is 9.91. The topological polar surface area (TPSA) is 15.8 Å². The molecule has 0 radical (unpaired) electrons. The third-order valence-corrected chi connectivity index (χ3v) is 4.53. The zero-order valence-electron chi connectivity index (χ0n) is 14.4. The van der Waals surface area contributed by atoms with Gasteiger partial charge in [0.2, 0.25) is 0 Å². The van der Waals surface area contributed by atoms with Gasteiger partial charge >= 0.3 is 0 Å². The molecule has 0 atom stereocenters. The van der Waals surface area contributed by atoms with Gasteiger partial charge in [0.05, 0.1) is 0 Å². The van der Waals surface area contributed by atoms with Crippen molar-refractivity contribution in [2.75, 3.05) is 0 Å². The minimum atomic E-state index is 1.09. The Kier molecular flexibility index (Phi) is 5.32. The Morgan fingerprint density at radius 3 is 2.62 bits per heavy atom. The fourth-order valence-electron chi connectivity index (χ4n) is 3.19. The van der Waals surface area contributed by atoms with Crippen LogP contribution in [-0.4, -0.2) is 4.98 Å². The maximum atomic E-state index is 4.43. The van der Waals surface area contributed by atoms with Gasteiger partial charge in [0.1, 0.15) is 0 Å². The summed E-state index contributed by atoms with van der Waals surface area (Å²) < 4.78 is 0. The molecule has 0 saturated carbocycles. The molecule has 1 aromatic heterocycles. The van der Waals surface area contributed by atoms with Crippen molar-refractivity contribution >= 4 is 16.5 Å². The van der Waals surface area contributed by atoms with Crippen LogP contribution in [0.3, 0.4) is 0 Å². The molecule has 0 unspecified atom stereocenters. The van der Waals surface area contributed by atoms with E-state index in [-0.39, 0.29) is 0 Å². The van der Waals surface area contributed by atoms with Crippen LogP contribution in [0.15, 0.2) is 84.6 Å². The Morgan fingerprint density at radius 1 is 1.00 bits per heavy atom. The van der Waals surface area contributed by atoms with Crippen molar-refractivity contribution in [2.24, 2.45) is 0 Å². The molecule has 1 aliphatic rings. The largest absolute Gasteiger partial charge is 0.361 e. The Labute approximate surface area is 144 Å². The smallest absolute Gasteiger partial charge is 0.0460 e. The molecule has 0 amide bonds. The van der Waals surface area contributed by atoms with Gasteiger partial charge in [0.25, 0.3) is 0 Å². The fraction of sp³-hybridized carbons (Fsp3) is 0.217. The first-order valence-electron chi connectivity index (χ1n) is 8.81. The van der Waals surface area contributed by atoms with Crippen molar-refractivity contribution < 1.29 is 0 Å². The zero-order chi connectivity index (χ0) is 16.8. The van der Waals surface area contributed by atoms with Crippen LogP contribution in [0.4, 0.5) is 0 Å². The summed E-state index contributed by atoms with van der Waals surface area (Å²) in [7, 11) is 0. The lowest BCUT2D eigenvalue weighted by molar-refractivity contribution is 0.718. The van der Waals surface area contributed by atoms with E-state index >= 15 is 0 Å². The number of hydrogen-bond acceptors (Lipinski definition) is 0. The molecule has 24 heavy (non-hydrogen) atoms. The molecule has 1 heteroatoms. The molecule has 1 nitrogen and oxygen atoms in total. The molecule has 3 rings (SSSR count). The van der Waals surface area contributed by atoms with Crippen LogP contribution >= 0.6 is 0 Å². The summed E-state index contributed by atoms with van der Waals surface area (Å²) in [5.74, 6) is 0. The quantitative estimate of drug-likeness (QED) is 0.568. The average molecular weight is 315 g/mol. The Balaban J connectivity index is 2.00. The molecule has 0 fully saturated rings. The van der Waals surface area contributed by atoms with Gasteiger partial charge in [-0.05, 0) is 35.6 Å². The highest BCUT2D eigenvalue weighted by atomic mass is 14.7. The maximum absolute atomic E-state index is 4.43. The Hall–Kier alpha value is -2.54. The van der Waals surface area contributed by atoms with Crippen molar-refractivity contribution in [1.82, 2.24) is 4.98 Å². The fourth-order valence-corrected chi connectivity index (χ4v) is 3.19. The van der Waals surface area contributed by atoms with E-state index < -0.39 is 0 Å². The molecule has 1 heterocycles. The number of hydrogen-bond donors (Lipinski definition) is 1. The SMILES string of the molecule is C=C(C1=C(CCCCC)C=CC=CC=C1)c1c[nH]c2ccccc12. The second-order valence-corrected chi connectivity index (χ2v) is 6.23. The molecule has 0 saturated heterocycles. The highest BCUT2D eigenvalue weighted by Crippen LogP contribution is 2.33. The van der Waals surface area contributed by atoms with E-state index in [1.165, 1.54) is 41.4 Å². The van der Waals surface area contributed by atoms with Gasteiger partial charge in [-0.3, -0.25) is 0 Å². The van der Waals surface area contributed by atoms with E-state index in [4.69, 9.17) is 0 Å². The van der Waals surface area contributed by atoms with E-state index in [9.17, 15) is 0 Å². The van der Waals surface area contributed by atoms with Crippen LogP contribution in [0.25, 0.3) is 16.5 Å². The van der Waals surface area contributed by atoms with E-state index in [1.807, 2.05) is 0 Å². The summed E-state index contributed by atoms with van der Waals surface area (Å²) in [5, 5.41) is 1.23. The van der Waals surface area contributed by atoms with Gasteiger partial charge in [-0.15, -0.1) is 0 Å². The maximum Gasteiger partial charge on any atom is 0.0460 e. The highest BCUT2D eigenvalue weighted by molar-refractivity contribution is 5.97. The van der Waals surface area contributed by atoms with Crippen molar-refractivity contribution in [1.29, 1.82) is 0 Å². The molecule has 0 aliphatic heterocycles. The molecular formula is C23H25N. The minimum Gasteiger partial charge on any atom is -0.361 e. The number of H-pyrrole nitrogens is 1. The van der Waals surface area contributed by atoms with Crippen LogP contribution in [0.2, 0.25) is 0 Å². The average Bonchev–Trinajstić information content (AvgIpc) is 3.01. The number of benzene rings is 1. The number of allylic oxidation sites excluding steroid dienone is 9. The molecule has 1 aromatic carbocycles. The van der Waals surface area contributed by atoms with Crippen LogP contribution < -0.4 is 0 Å². The lowest BCUT2D eigenvalue weighted by Gasteiger charge is -2.13. The van der Waals surface area contributed by atoms with Crippen LogP contribution in [-0.2, 0) is 0 Å². The Morgan fingerprint density at radius 2 is 1.79 bits per heavy atom. The van der Waals surface area contributed by atoms with Crippen molar-refractivity contribution in [2.45, 2.75) is 32.6 Å². The number of fused-ring (bicyclic) bond motifs is 1. The number of aromatic nitrogens is 1. The summed E-state index contributed by atoms with van der Waals surface area (Å²) >= 11 is 0. The van der Waals surface area contributed by atoms with Crippen LogP contribution in [0.5, 0.6) is 0 Å². The number of nitrogens with one attached hydrogen (secondary N) is 1.